The smallest absolute Gasteiger partial charge is 0.202 e. The lowest BCUT2D eigenvalue weighted by molar-refractivity contribution is 0.0934. The molecule has 1 atom stereocenters. The number of Topliss-reactive ketones (excluding diaryl/α,β-unsaturated/α-hetero) is 1. The van der Waals surface area contributed by atoms with Crippen LogP contribution in [-0.4, -0.2) is 20.1 Å². The number of hydrogen-bond acceptors (Lipinski definition) is 5. The van der Waals surface area contributed by atoms with Gasteiger partial charge in [0.2, 0.25) is 5.43 Å². The molecule has 1 unspecified atom stereocenters. The SMILES string of the molecule is Cc1cc(CS(=O)c2[nH]c3c(c(=O)c2C(=O)C(C)C)=C(Cl)CCC=3Cl)no1. The summed E-state index contributed by atoms with van der Waals surface area (Å²) in [5.41, 5.74) is -0.205. The van der Waals surface area contributed by atoms with Crippen molar-refractivity contribution in [2.24, 2.45) is 5.92 Å². The number of rotatable bonds is 5. The van der Waals surface area contributed by atoms with Crippen molar-refractivity contribution in [3.63, 3.8) is 0 Å². The summed E-state index contributed by atoms with van der Waals surface area (Å²) in [6, 6.07) is 1.65. The van der Waals surface area contributed by atoms with Crippen molar-refractivity contribution in [2.75, 3.05) is 0 Å². The Morgan fingerprint density at radius 3 is 2.59 bits per heavy atom. The number of halogens is 2. The molecule has 1 aliphatic rings. The highest BCUT2D eigenvalue weighted by molar-refractivity contribution is 7.84. The summed E-state index contributed by atoms with van der Waals surface area (Å²) < 4.78 is 18.0. The second-order valence-corrected chi connectivity index (χ2v) is 8.96. The molecule has 1 aliphatic carbocycles. The van der Waals surface area contributed by atoms with Crippen molar-refractivity contribution in [3.8, 4) is 0 Å². The number of aromatic amines is 1. The molecule has 6 nitrogen and oxygen atoms in total. The Morgan fingerprint density at radius 2 is 2.00 bits per heavy atom. The van der Waals surface area contributed by atoms with Crippen LogP contribution in [0.3, 0.4) is 0 Å². The fourth-order valence-electron chi connectivity index (χ4n) is 2.89. The van der Waals surface area contributed by atoms with E-state index in [0.717, 1.165) is 0 Å². The number of carbonyl (C=O) groups is 1. The molecule has 2 aromatic heterocycles. The van der Waals surface area contributed by atoms with Crippen molar-refractivity contribution in [1.82, 2.24) is 10.1 Å². The van der Waals surface area contributed by atoms with Gasteiger partial charge in [0.15, 0.2) is 5.78 Å². The first-order chi connectivity index (χ1) is 12.7. The second-order valence-electron chi connectivity index (χ2n) is 6.66. The van der Waals surface area contributed by atoms with Gasteiger partial charge in [-0.15, -0.1) is 0 Å². The van der Waals surface area contributed by atoms with Gasteiger partial charge in [0.25, 0.3) is 0 Å². The number of carbonyl (C=O) groups excluding carboxylic acids is 1. The average Bonchev–Trinajstić information content (AvgIpc) is 3.01. The van der Waals surface area contributed by atoms with Crippen LogP contribution in [-0.2, 0) is 16.6 Å². The number of ketones is 1. The minimum atomic E-state index is -1.73. The molecule has 2 aromatic rings. The normalized spacial score (nSPS) is 15.2. The van der Waals surface area contributed by atoms with Crippen LogP contribution in [0, 0.1) is 12.8 Å². The number of hydrogen-bond donors (Lipinski definition) is 1. The minimum Gasteiger partial charge on any atom is -0.361 e. The standard InChI is InChI=1S/C18H18Cl2N2O4S/c1-8(2)16(23)14-17(24)13-11(19)4-5-12(20)15(13)21-18(14)27(25)7-10-6-9(3)26-22-10/h6,8,21H,4-5,7H2,1-3H3. The van der Waals surface area contributed by atoms with E-state index in [2.05, 4.69) is 10.1 Å². The molecule has 0 aliphatic heterocycles. The molecule has 0 fully saturated rings. The maximum absolute atomic E-state index is 13.1. The zero-order valence-electron chi connectivity index (χ0n) is 15.0. The zero-order valence-corrected chi connectivity index (χ0v) is 17.3. The Balaban J connectivity index is 2.28. The maximum atomic E-state index is 13.1. The lowest BCUT2D eigenvalue weighted by atomic mass is 10.0. The third-order valence-electron chi connectivity index (χ3n) is 4.23. The molecule has 3 rings (SSSR count). The summed E-state index contributed by atoms with van der Waals surface area (Å²) >= 11 is 12.5. The molecule has 2 heterocycles. The molecule has 1 N–H and O–H groups in total. The quantitative estimate of drug-likeness (QED) is 0.737. The first-order valence-corrected chi connectivity index (χ1v) is 10.5. The number of H-pyrrole nitrogens is 1. The van der Waals surface area contributed by atoms with E-state index in [0.29, 0.717) is 39.7 Å². The first-order valence-electron chi connectivity index (χ1n) is 8.39. The van der Waals surface area contributed by atoms with E-state index in [4.69, 9.17) is 27.7 Å². The van der Waals surface area contributed by atoms with Crippen molar-refractivity contribution < 1.29 is 13.5 Å². The van der Waals surface area contributed by atoms with E-state index in [1.165, 1.54) is 0 Å². The molecular formula is C18H18Cl2N2O4S. The van der Waals surface area contributed by atoms with Gasteiger partial charge >= 0.3 is 0 Å². The number of nitrogens with zero attached hydrogens (tertiary/aromatic N) is 1. The summed E-state index contributed by atoms with van der Waals surface area (Å²) in [5.74, 6) is -0.266. The number of aromatic nitrogens is 2. The van der Waals surface area contributed by atoms with Gasteiger partial charge in [-0.25, -0.2) is 0 Å². The van der Waals surface area contributed by atoms with Crippen LogP contribution in [0.5, 0.6) is 0 Å². The summed E-state index contributed by atoms with van der Waals surface area (Å²) in [6.07, 6.45) is 0.891. The molecule has 0 saturated heterocycles. The molecule has 0 radical (unpaired) electrons. The van der Waals surface area contributed by atoms with E-state index in [1.807, 2.05) is 0 Å². The van der Waals surface area contributed by atoms with Crippen LogP contribution in [0.1, 0.15) is 48.5 Å². The molecule has 144 valence electrons. The van der Waals surface area contributed by atoms with Crippen LogP contribution in [0.2, 0.25) is 0 Å². The Kier molecular flexibility index (Phi) is 5.74. The van der Waals surface area contributed by atoms with Gasteiger partial charge in [-0.3, -0.25) is 13.8 Å². The van der Waals surface area contributed by atoms with Crippen molar-refractivity contribution in [2.45, 2.75) is 44.4 Å². The highest BCUT2D eigenvalue weighted by Gasteiger charge is 2.26. The first kappa shape index (κ1) is 20.0. The number of pyridine rings is 1. The molecule has 9 heteroatoms. The Labute approximate surface area is 167 Å². The van der Waals surface area contributed by atoms with Crippen LogP contribution < -0.4 is 16.0 Å². The summed E-state index contributed by atoms with van der Waals surface area (Å²) in [5, 5.41) is 5.16. The third kappa shape index (κ3) is 3.81. The Bertz CT molecular complexity index is 1130. The van der Waals surface area contributed by atoms with E-state index in [-0.39, 0.29) is 21.6 Å². The van der Waals surface area contributed by atoms with Gasteiger partial charge in [-0.2, -0.15) is 0 Å². The average molecular weight is 429 g/mol. The molecule has 0 spiro atoms. The van der Waals surface area contributed by atoms with E-state index < -0.39 is 27.9 Å². The molecule has 0 bridgehead atoms. The van der Waals surface area contributed by atoms with E-state index in [1.54, 1.807) is 26.8 Å². The fraction of sp³-hybridized carbons (Fsp3) is 0.389. The fourth-order valence-corrected chi connectivity index (χ4v) is 4.58. The highest BCUT2D eigenvalue weighted by atomic mass is 35.5. The molecular weight excluding hydrogens is 411 g/mol. The Hall–Kier alpha value is -1.70. The predicted molar refractivity (Wildman–Crippen MR) is 105 cm³/mol. The monoisotopic (exact) mass is 428 g/mol. The number of nitrogens with one attached hydrogen (secondary N) is 1. The predicted octanol–water partition coefficient (Wildman–Crippen LogP) is 2.31. The molecule has 0 amide bonds. The molecule has 0 aromatic carbocycles. The summed E-state index contributed by atoms with van der Waals surface area (Å²) in [6.45, 7) is 5.08. The topological polar surface area (TPSA) is 93.0 Å². The van der Waals surface area contributed by atoms with E-state index in [9.17, 15) is 13.8 Å². The van der Waals surface area contributed by atoms with Crippen molar-refractivity contribution in [3.05, 3.63) is 43.9 Å². The van der Waals surface area contributed by atoms with Gasteiger partial charge in [-0.05, 0) is 19.8 Å². The molecule has 27 heavy (non-hydrogen) atoms. The van der Waals surface area contributed by atoms with Gasteiger partial charge in [-0.1, -0.05) is 42.2 Å². The van der Waals surface area contributed by atoms with Crippen molar-refractivity contribution in [1.29, 1.82) is 0 Å². The maximum Gasteiger partial charge on any atom is 0.202 e. The van der Waals surface area contributed by atoms with Crippen LogP contribution in [0.15, 0.2) is 20.4 Å². The lowest BCUT2D eigenvalue weighted by Crippen LogP contribution is -2.48. The second kappa shape index (κ2) is 7.73. The van der Waals surface area contributed by atoms with Crippen molar-refractivity contribution >= 4 is 49.8 Å². The summed E-state index contributed by atoms with van der Waals surface area (Å²) in [4.78, 5) is 28.8. The highest BCUT2D eigenvalue weighted by Crippen LogP contribution is 2.21. The lowest BCUT2D eigenvalue weighted by Gasteiger charge is -2.14. The molecule has 0 saturated carbocycles. The van der Waals surface area contributed by atoms with Crippen LogP contribution >= 0.6 is 23.2 Å². The zero-order chi connectivity index (χ0) is 19.9. The minimum absolute atomic E-state index is 0.000489. The van der Waals surface area contributed by atoms with Crippen LogP contribution in [0.4, 0.5) is 0 Å². The van der Waals surface area contributed by atoms with Gasteiger partial charge < -0.3 is 9.51 Å². The van der Waals surface area contributed by atoms with Gasteiger partial charge in [0.1, 0.15) is 10.8 Å². The Morgan fingerprint density at radius 1 is 1.33 bits per heavy atom. The largest absolute Gasteiger partial charge is 0.361 e. The third-order valence-corrected chi connectivity index (χ3v) is 6.31. The van der Waals surface area contributed by atoms with Gasteiger partial charge in [0.05, 0.1) is 38.4 Å². The number of fused-ring (bicyclic) bond motifs is 1. The van der Waals surface area contributed by atoms with E-state index >= 15 is 0 Å². The van der Waals surface area contributed by atoms with Crippen LogP contribution in [0.25, 0.3) is 10.1 Å². The van der Waals surface area contributed by atoms with Gasteiger partial charge in [0, 0.05) is 22.0 Å². The number of aryl methyl sites for hydroxylation is 1. The summed E-state index contributed by atoms with van der Waals surface area (Å²) in [7, 11) is -1.73.